The molecular weight excluding hydrogens is 528 g/mol. The number of thioether (sulfide) groups is 1. The number of para-hydroxylation sites is 1. The average Bonchev–Trinajstić information content (AvgIpc) is 2.96. The minimum atomic E-state index is -0.247. The van der Waals surface area contributed by atoms with Crippen molar-refractivity contribution in [2.45, 2.75) is 5.16 Å². The molecular formula is C27H25ClN4O5S. The van der Waals surface area contributed by atoms with E-state index in [1.807, 2.05) is 18.2 Å². The summed E-state index contributed by atoms with van der Waals surface area (Å²) in [4.78, 5) is 17.3. The van der Waals surface area contributed by atoms with E-state index in [0.29, 0.717) is 50.3 Å². The van der Waals surface area contributed by atoms with Crippen LogP contribution in [0.3, 0.4) is 0 Å². The zero-order chi connectivity index (χ0) is 27.1. The summed E-state index contributed by atoms with van der Waals surface area (Å²) in [6, 6.07) is 17.9. The van der Waals surface area contributed by atoms with E-state index >= 15 is 0 Å². The predicted octanol–water partition coefficient (Wildman–Crippen LogP) is 5.62. The van der Waals surface area contributed by atoms with Crippen LogP contribution in [0.15, 0.2) is 65.8 Å². The summed E-state index contributed by atoms with van der Waals surface area (Å²) in [5.74, 6) is 2.06. The summed E-state index contributed by atoms with van der Waals surface area (Å²) in [6.45, 7) is 0. The molecule has 1 heterocycles. The van der Waals surface area contributed by atoms with E-state index in [1.165, 1.54) is 0 Å². The van der Waals surface area contributed by atoms with Gasteiger partial charge in [-0.2, -0.15) is 0 Å². The van der Waals surface area contributed by atoms with Gasteiger partial charge in [-0.05, 0) is 48.5 Å². The number of halogens is 1. The Labute approximate surface area is 229 Å². The molecule has 0 unspecified atom stereocenters. The summed E-state index contributed by atoms with van der Waals surface area (Å²) < 4.78 is 21.7. The van der Waals surface area contributed by atoms with Gasteiger partial charge in [0, 0.05) is 11.1 Å². The molecule has 0 aliphatic heterocycles. The molecule has 196 valence electrons. The average molecular weight is 553 g/mol. The molecule has 0 spiro atoms. The Morgan fingerprint density at radius 2 is 1.37 bits per heavy atom. The molecule has 0 saturated carbocycles. The molecule has 11 heteroatoms. The Hall–Kier alpha value is -4.02. The van der Waals surface area contributed by atoms with Crippen molar-refractivity contribution in [3.8, 4) is 45.5 Å². The fourth-order valence-corrected chi connectivity index (χ4v) is 4.38. The molecule has 1 aromatic heterocycles. The molecule has 1 N–H and O–H groups in total. The fourth-order valence-electron chi connectivity index (χ4n) is 3.61. The lowest BCUT2D eigenvalue weighted by atomic mass is 10.0. The second kappa shape index (κ2) is 12.5. The van der Waals surface area contributed by atoms with Gasteiger partial charge in [-0.1, -0.05) is 35.5 Å². The second-order valence-corrected chi connectivity index (χ2v) is 9.10. The van der Waals surface area contributed by atoms with E-state index in [0.717, 1.165) is 22.9 Å². The van der Waals surface area contributed by atoms with Gasteiger partial charge in [0.25, 0.3) is 0 Å². The predicted molar refractivity (Wildman–Crippen MR) is 148 cm³/mol. The molecule has 1 amide bonds. The molecule has 0 radical (unpaired) electrons. The Kier molecular flexibility index (Phi) is 8.88. The number of benzene rings is 3. The highest BCUT2D eigenvalue weighted by Gasteiger charge is 2.18. The van der Waals surface area contributed by atoms with Gasteiger partial charge in [-0.3, -0.25) is 4.79 Å². The van der Waals surface area contributed by atoms with E-state index in [9.17, 15) is 4.79 Å². The van der Waals surface area contributed by atoms with Crippen molar-refractivity contribution in [3.63, 3.8) is 0 Å². The highest BCUT2D eigenvalue weighted by atomic mass is 35.5. The summed E-state index contributed by atoms with van der Waals surface area (Å²) >= 11 is 7.30. The zero-order valence-electron chi connectivity index (χ0n) is 21.1. The number of aromatic nitrogens is 3. The van der Waals surface area contributed by atoms with Gasteiger partial charge in [0.05, 0.1) is 44.9 Å². The molecule has 4 rings (SSSR count). The Bertz CT molecular complexity index is 1450. The van der Waals surface area contributed by atoms with Crippen LogP contribution in [-0.2, 0) is 4.79 Å². The third kappa shape index (κ3) is 6.09. The number of hydrogen-bond acceptors (Lipinski definition) is 9. The minimum absolute atomic E-state index is 0.0635. The maximum atomic E-state index is 12.5. The van der Waals surface area contributed by atoms with Crippen molar-refractivity contribution < 1.29 is 23.7 Å². The number of carbonyl (C=O) groups is 1. The maximum Gasteiger partial charge on any atom is 0.234 e. The number of rotatable bonds is 10. The summed E-state index contributed by atoms with van der Waals surface area (Å²) in [5, 5.41) is 12.3. The third-order valence-electron chi connectivity index (χ3n) is 5.46. The third-order valence-corrected chi connectivity index (χ3v) is 6.63. The van der Waals surface area contributed by atoms with Gasteiger partial charge in [0.2, 0.25) is 11.1 Å². The van der Waals surface area contributed by atoms with Crippen molar-refractivity contribution in [1.82, 2.24) is 15.2 Å². The van der Waals surface area contributed by atoms with Crippen LogP contribution in [0.2, 0.25) is 5.02 Å². The van der Waals surface area contributed by atoms with Gasteiger partial charge < -0.3 is 24.3 Å². The minimum Gasteiger partial charge on any atom is -0.493 e. The van der Waals surface area contributed by atoms with Crippen LogP contribution in [0, 0.1) is 0 Å². The molecule has 0 saturated heterocycles. The molecule has 38 heavy (non-hydrogen) atoms. The second-order valence-electron chi connectivity index (χ2n) is 7.75. The Morgan fingerprint density at radius 3 is 1.95 bits per heavy atom. The number of carbonyl (C=O) groups excluding carboxylic acids is 1. The lowest BCUT2D eigenvalue weighted by Crippen LogP contribution is -2.14. The number of hydrogen-bond donors (Lipinski definition) is 1. The van der Waals surface area contributed by atoms with Gasteiger partial charge in [0.15, 0.2) is 23.0 Å². The fraction of sp³-hybridized carbons (Fsp3) is 0.185. The molecule has 0 bridgehead atoms. The quantitative estimate of drug-likeness (QED) is 0.251. The topological polar surface area (TPSA) is 105 Å². The lowest BCUT2D eigenvalue weighted by Gasteiger charge is -2.14. The van der Waals surface area contributed by atoms with Gasteiger partial charge in [-0.15, -0.1) is 10.2 Å². The van der Waals surface area contributed by atoms with Crippen LogP contribution in [0.25, 0.3) is 22.5 Å². The van der Waals surface area contributed by atoms with Crippen molar-refractivity contribution in [2.24, 2.45) is 0 Å². The van der Waals surface area contributed by atoms with E-state index < -0.39 is 0 Å². The molecule has 9 nitrogen and oxygen atoms in total. The Balaban J connectivity index is 1.69. The molecule has 0 aliphatic rings. The number of nitrogens with zero attached hydrogens (tertiary/aromatic N) is 3. The molecule has 0 aliphatic carbocycles. The smallest absolute Gasteiger partial charge is 0.234 e. The number of amides is 1. The highest BCUT2D eigenvalue weighted by molar-refractivity contribution is 7.99. The normalized spacial score (nSPS) is 10.6. The summed E-state index contributed by atoms with van der Waals surface area (Å²) in [7, 11) is 6.27. The van der Waals surface area contributed by atoms with Crippen molar-refractivity contribution in [2.75, 3.05) is 39.5 Å². The van der Waals surface area contributed by atoms with Gasteiger partial charge in [-0.25, -0.2) is 4.98 Å². The Morgan fingerprint density at radius 1 is 0.789 bits per heavy atom. The first kappa shape index (κ1) is 27.0. The zero-order valence-corrected chi connectivity index (χ0v) is 22.7. The lowest BCUT2D eigenvalue weighted by molar-refractivity contribution is -0.113. The van der Waals surface area contributed by atoms with Crippen molar-refractivity contribution in [3.05, 3.63) is 65.7 Å². The SMILES string of the molecule is COc1ccc(-c2nnc(SCC(=O)Nc3ccccc3Cl)nc2-c2ccc(OC)c(OC)c2)cc1OC. The standard InChI is InChI=1S/C27H25ClN4O5S/c1-34-20-11-9-16(13-22(20)36-3)25-26(17-10-12-21(35-2)23(14-17)37-4)31-32-27(30-25)38-15-24(33)29-19-8-6-5-7-18(19)28/h5-14H,15H2,1-4H3,(H,29,33). The maximum absolute atomic E-state index is 12.5. The van der Waals surface area contributed by atoms with Gasteiger partial charge in [0.1, 0.15) is 11.4 Å². The number of nitrogens with one attached hydrogen (secondary N) is 1. The monoisotopic (exact) mass is 552 g/mol. The van der Waals surface area contributed by atoms with Crippen LogP contribution < -0.4 is 24.3 Å². The molecule has 0 fully saturated rings. The van der Waals surface area contributed by atoms with Crippen LogP contribution in [-0.4, -0.2) is 55.3 Å². The first-order valence-corrected chi connectivity index (χ1v) is 12.7. The number of anilines is 1. The van der Waals surface area contributed by atoms with E-state index in [4.69, 9.17) is 35.5 Å². The van der Waals surface area contributed by atoms with Crippen molar-refractivity contribution in [1.29, 1.82) is 0 Å². The largest absolute Gasteiger partial charge is 0.493 e. The molecule has 3 aromatic carbocycles. The first-order chi connectivity index (χ1) is 18.5. The molecule has 0 atom stereocenters. The summed E-state index contributed by atoms with van der Waals surface area (Å²) in [5.41, 5.74) is 3.05. The highest BCUT2D eigenvalue weighted by Crippen LogP contribution is 2.38. The summed E-state index contributed by atoms with van der Waals surface area (Å²) in [6.07, 6.45) is 0. The van der Waals surface area contributed by atoms with Crippen LogP contribution >= 0.6 is 23.4 Å². The van der Waals surface area contributed by atoms with E-state index in [2.05, 4.69) is 15.5 Å². The molecule has 4 aromatic rings. The van der Waals surface area contributed by atoms with Crippen LogP contribution in [0.1, 0.15) is 0 Å². The van der Waals surface area contributed by atoms with E-state index in [1.54, 1.807) is 70.9 Å². The van der Waals surface area contributed by atoms with E-state index in [-0.39, 0.29) is 11.7 Å². The van der Waals surface area contributed by atoms with Crippen LogP contribution in [0.4, 0.5) is 5.69 Å². The van der Waals surface area contributed by atoms with Crippen LogP contribution in [0.5, 0.6) is 23.0 Å². The first-order valence-electron chi connectivity index (χ1n) is 11.3. The number of methoxy groups -OCH3 is 4. The number of ether oxygens (including phenoxy) is 4. The van der Waals surface area contributed by atoms with Gasteiger partial charge >= 0.3 is 0 Å². The van der Waals surface area contributed by atoms with Crippen molar-refractivity contribution >= 4 is 35.0 Å².